The standard InChI is InChI=1S/C16H16FN/c1-12-2-4-13(5-3-12)9-18-10-14-6-7-16(17)8-15(14)11-18/h2-8H,9-11H2,1H3. The van der Waals surface area contributed by atoms with E-state index in [1.807, 2.05) is 6.07 Å². The van der Waals surface area contributed by atoms with Crippen molar-refractivity contribution >= 4 is 0 Å². The average Bonchev–Trinajstić information content (AvgIpc) is 2.73. The molecule has 1 nitrogen and oxygen atoms in total. The molecule has 0 atom stereocenters. The number of nitrogens with zero attached hydrogens (tertiary/aromatic N) is 1. The van der Waals surface area contributed by atoms with Gasteiger partial charge < -0.3 is 0 Å². The summed E-state index contributed by atoms with van der Waals surface area (Å²) in [6.07, 6.45) is 0. The molecule has 2 aromatic rings. The molecule has 0 amide bonds. The molecule has 0 radical (unpaired) electrons. The molecular weight excluding hydrogens is 225 g/mol. The van der Waals surface area contributed by atoms with Gasteiger partial charge in [-0.1, -0.05) is 35.9 Å². The Hall–Kier alpha value is -1.67. The molecule has 2 heteroatoms. The topological polar surface area (TPSA) is 3.24 Å². The summed E-state index contributed by atoms with van der Waals surface area (Å²) in [6, 6.07) is 13.7. The molecule has 0 bridgehead atoms. The molecule has 1 aliphatic heterocycles. The number of fused-ring (bicyclic) bond motifs is 1. The van der Waals surface area contributed by atoms with Crippen LogP contribution < -0.4 is 0 Å². The van der Waals surface area contributed by atoms with Crippen LogP contribution in [0.15, 0.2) is 42.5 Å². The Morgan fingerprint density at radius 1 is 1.00 bits per heavy atom. The van der Waals surface area contributed by atoms with Gasteiger partial charge in [0.25, 0.3) is 0 Å². The summed E-state index contributed by atoms with van der Waals surface area (Å²) >= 11 is 0. The van der Waals surface area contributed by atoms with E-state index in [4.69, 9.17) is 0 Å². The first-order chi connectivity index (χ1) is 8.70. The van der Waals surface area contributed by atoms with E-state index < -0.39 is 0 Å². The van der Waals surface area contributed by atoms with E-state index in [-0.39, 0.29) is 5.82 Å². The van der Waals surface area contributed by atoms with E-state index in [9.17, 15) is 4.39 Å². The van der Waals surface area contributed by atoms with Crippen molar-refractivity contribution in [1.29, 1.82) is 0 Å². The summed E-state index contributed by atoms with van der Waals surface area (Å²) in [5, 5.41) is 0. The summed E-state index contributed by atoms with van der Waals surface area (Å²) in [6.45, 7) is 4.79. The molecule has 0 unspecified atom stereocenters. The van der Waals surface area contributed by atoms with Gasteiger partial charge in [-0.3, -0.25) is 4.90 Å². The van der Waals surface area contributed by atoms with Gasteiger partial charge >= 0.3 is 0 Å². The van der Waals surface area contributed by atoms with Crippen molar-refractivity contribution < 1.29 is 4.39 Å². The number of benzene rings is 2. The highest BCUT2D eigenvalue weighted by atomic mass is 19.1. The molecule has 0 fully saturated rings. The van der Waals surface area contributed by atoms with Crippen molar-refractivity contribution in [3.63, 3.8) is 0 Å². The zero-order valence-electron chi connectivity index (χ0n) is 10.5. The normalized spacial score (nSPS) is 14.8. The van der Waals surface area contributed by atoms with Crippen molar-refractivity contribution in [3.8, 4) is 0 Å². The van der Waals surface area contributed by atoms with Gasteiger partial charge in [0.15, 0.2) is 0 Å². The van der Waals surface area contributed by atoms with Crippen LogP contribution in [0.25, 0.3) is 0 Å². The van der Waals surface area contributed by atoms with E-state index >= 15 is 0 Å². The molecule has 2 aromatic carbocycles. The number of halogens is 1. The molecule has 1 aliphatic rings. The fourth-order valence-corrected chi connectivity index (χ4v) is 2.50. The van der Waals surface area contributed by atoms with Crippen molar-refractivity contribution in [3.05, 3.63) is 70.5 Å². The number of rotatable bonds is 2. The van der Waals surface area contributed by atoms with Crippen molar-refractivity contribution in [1.82, 2.24) is 4.90 Å². The molecule has 18 heavy (non-hydrogen) atoms. The lowest BCUT2D eigenvalue weighted by Crippen LogP contribution is -2.15. The lowest BCUT2D eigenvalue weighted by atomic mass is 10.1. The molecule has 0 saturated carbocycles. The van der Waals surface area contributed by atoms with Gasteiger partial charge in [-0.15, -0.1) is 0 Å². The Labute approximate surface area is 107 Å². The Kier molecular flexibility index (Phi) is 2.88. The van der Waals surface area contributed by atoms with Gasteiger partial charge in [0.2, 0.25) is 0 Å². The lowest BCUT2D eigenvalue weighted by Gasteiger charge is -2.14. The minimum Gasteiger partial charge on any atom is -0.291 e. The number of hydrogen-bond acceptors (Lipinski definition) is 1. The number of aryl methyl sites for hydroxylation is 1. The van der Waals surface area contributed by atoms with E-state index in [1.54, 1.807) is 12.1 Å². The molecular formula is C16H16FN. The quantitative estimate of drug-likeness (QED) is 0.775. The van der Waals surface area contributed by atoms with E-state index in [2.05, 4.69) is 36.1 Å². The van der Waals surface area contributed by atoms with Crippen LogP contribution >= 0.6 is 0 Å². The molecule has 1 heterocycles. The average molecular weight is 241 g/mol. The van der Waals surface area contributed by atoms with Gasteiger partial charge in [0.05, 0.1) is 0 Å². The summed E-state index contributed by atoms with van der Waals surface area (Å²) in [5.74, 6) is -0.133. The highest BCUT2D eigenvalue weighted by Crippen LogP contribution is 2.24. The SMILES string of the molecule is Cc1ccc(CN2Cc3ccc(F)cc3C2)cc1. The molecule has 0 spiro atoms. The van der Waals surface area contributed by atoms with Crippen LogP contribution in [0.3, 0.4) is 0 Å². The van der Waals surface area contributed by atoms with Gasteiger partial charge in [-0.05, 0) is 35.7 Å². The summed E-state index contributed by atoms with van der Waals surface area (Å²) in [4.78, 5) is 2.34. The highest BCUT2D eigenvalue weighted by Gasteiger charge is 2.19. The number of hydrogen-bond donors (Lipinski definition) is 0. The Morgan fingerprint density at radius 2 is 1.72 bits per heavy atom. The minimum atomic E-state index is -0.133. The first-order valence-corrected chi connectivity index (χ1v) is 6.26. The maximum absolute atomic E-state index is 13.1. The Bertz CT molecular complexity index is 560. The zero-order valence-corrected chi connectivity index (χ0v) is 10.5. The van der Waals surface area contributed by atoms with Crippen molar-refractivity contribution in [2.24, 2.45) is 0 Å². The van der Waals surface area contributed by atoms with Crippen LogP contribution in [0, 0.1) is 12.7 Å². The van der Waals surface area contributed by atoms with Gasteiger partial charge in [0.1, 0.15) is 5.82 Å². The maximum Gasteiger partial charge on any atom is 0.123 e. The van der Waals surface area contributed by atoms with Gasteiger partial charge in [-0.25, -0.2) is 4.39 Å². The zero-order chi connectivity index (χ0) is 12.5. The largest absolute Gasteiger partial charge is 0.291 e. The minimum absolute atomic E-state index is 0.133. The van der Waals surface area contributed by atoms with Crippen molar-refractivity contribution in [2.75, 3.05) is 0 Å². The second-order valence-corrected chi connectivity index (χ2v) is 5.04. The summed E-state index contributed by atoms with van der Waals surface area (Å²) in [5.41, 5.74) is 4.98. The first kappa shape index (κ1) is 11.4. The van der Waals surface area contributed by atoms with Gasteiger partial charge in [-0.2, -0.15) is 0 Å². The molecule has 0 N–H and O–H groups in total. The summed E-state index contributed by atoms with van der Waals surface area (Å²) in [7, 11) is 0. The van der Waals surface area contributed by atoms with Gasteiger partial charge in [0, 0.05) is 19.6 Å². The van der Waals surface area contributed by atoms with Crippen molar-refractivity contribution in [2.45, 2.75) is 26.6 Å². The highest BCUT2D eigenvalue weighted by molar-refractivity contribution is 5.31. The molecule has 0 aliphatic carbocycles. The summed E-state index contributed by atoms with van der Waals surface area (Å²) < 4.78 is 13.1. The third kappa shape index (κ3) is 2.29. The molecule has 3 rings (SSSR count). The third-order valence-corrected chi connectivity index (χ3v) is 3.48. The lowest BCUT2D eigenvalue weighted by molar-refractivity contribution is 0.275. The van der Waals surface area contributed by atoms with E-state index in [0.717, 1.165) is 25.2 Å². The second-order valence-electron chi connectivity index (χ2n) is 5.04. The first-order valence-electron chi connectivity index (χ1n) is 6.26. The Morgan fingerprint density at radius 3 is 2.50 bits per heavy atom. The van der Waals surface area contributed by atoms with E-state index in [0.29, 0.717) is 0 Å². The fourth-order valence-electron chi connectivity index (χ4n) is 2.50. The predicted molar refractivity (Wildman–Crippen MR) is 70.5 cm³/mol. The fraction of sp³-hybridized carbons (Fsp3) is 0.250. The van der Waals surface area contributed by atoms with Crippen LogP contribution in [0.2, 0.25) is 0 Å². The monoisotopic (exact) mass is 241 g/mol. The third-order valence-electron chi connectivity index (χ3n) is 3.48. The van der Waals surface area contributed by atoms with E-state index in [1.165, 1.54) is 16.7 Å². The van der Waals surface area contributed by atoms with Crippen LogP contribution in [0.5, 0.6) is 0 Å². The Balaban J connectivity index is 1.72. The van der Waals surface area contributed by atoms with Crippen LogP contribution in [0.4, 0.5) is 4.39 Å². The van der Waals surface area contributed by atoms with Crippen LogP contribution in [0.1, 0.15) is 22.3 Å². The predicted octanol–water partition coefficient (Wildman–Crippen LogP) is 3.65. The smallest absolute Gasteiger partial charge is 0.123 e. The maximum atomic E-state index is 13.1. The van der Waals surface area contributed by atoms with Crippen LogP contribution in [-0.4, -0.2) is 4.90 Å². The second kappa shape index (κ2) is 4.54. The van der Waals surface area contributed by atoms with Crippen LogP contribution in [-0.2, 0) is 19.6 Å². The molecule has 92 valence electrons. The molecule has 0 saturated heterocycles. The molecule has 0 aromatic heterocycles.